The molecule has 130 valence electrons. The Hall–Kier alpha value is -1.54. The summed E-state index contributed by atoms with van der Waals surface area (Å²) in [5.74, 6) is 1.42. The lowest BCUT2D eigenvalue weighted by atomic mass is 10.2. The van der Waals surface area contributed by atoms with Gasteiger partial charge in [0, 0.05) is 6.20 Å². The quantitative estimate of drug-likeness (QED) is 0.521. The molecule has 0 saturated carbocycles. The molecule has 0 bridgehead atoms. The van der Waals surface area contributed by atoms with Gasteiger partial charge in [-0.2, -0.15) is 5.10 Å². The minimum absolute atomic E-state index is 0.455. The summed E-state index contributed by atoms with van der Waals surface area (Å²) in [6, 6.07) is 9.20. The molecule has 5 nitrogen and oxygen atoms in total. The molecule has 3 aromatic rings. The predicted octanol–water partition coefficient (Wildman–Crippen LogP) is 5.08. The molecule has 2 heterocycles. The molecular weight excluding hydrogens is 447 g/mol. The molecule has 0 fully saturated rings. The van der Waals surface area contributed by atoms with Crippen molar-refractivity contribution < 1.29 is 4.42 Å². The Morgan fingerprint density at radius 1 is 1.28 bits per heavy atom. The molecule has 0 aliphatic rings. The second-order valence-corrected chi connectivity index (χ2v) is 7.24. The van der Waals surface area contributed by atoms with Gasteiger partial charge in [0.15, 0.2) is 10.9 Å². The fourth-order valence-electron chi connectivity index (χ4n) is 2.12. The highest BCUT2D eigenvalue weighted by Crippen LogP contribution is 2.24. The van der Waals surface area contributed by atoms with Crippen molar-refractivity contribution in [3.63, 3.8) is 0 Å². The molecule has 1 aromatic carbocycles. The van der Waals surface area contributed by atoms with Gasteiger partial charge in [-0.25, -0.2) is 0 Å². The molecule has 2 aromatic heterocycles. The van der Waals surface area contributed by atoms with Crippen LogP contribution in [0.3, 0.4) is 0 Å². The second kappa shape index (κ2) is 8.23. The van der Waals surface area contributed by atoms with Crippen molar-refractivity contribution in [3.8, 4) is 0 Å². The predicted molar refractivity (Wildman–Crippen MR) is 107 cm³/mol. The van der Waals surface area contributed by atoms with Crippen molar-refractivity contribution >= 4 is 62.3 Å². The van der Waals surface area contributed by atoms with E-state index in [0.717, 1.165) is 15.8 Å². The highest BCUT2D eigenvalue weighted by Gasteiger charge is 2.09. The van der Waals surface area contributed by atoms with E-state index in [1.807, 2.05) is 30.5 Å². The summed E-state index contributed by atoms with van der Waals surface area (Å²) in [6.07, 6.45) is 3.48. The molecule has 0 atom stereocenters. The molecule has 3 rings (SSSR count). The van der Waals surface area contributed by atoms with Crippen LogP contribution in [0.5, 0.6) is 0 Å². The zero-order chi connectivity index (χ0) is 17.8. The minimum Gasteiger partial charge on any atom is -0.467 e. The van der Waals surface area contributed by atoms with Gasteiger partial charge in [0.1, 0.15) is 5.76 Å². The summed E-state index contributed by atoms with van der Waals surface area (Å²) >= 11 is 20.7. The van der Waals surface area contributed by atoms with Crippen LogP contribution >= 0.6 is 51.3 Å². The third-order valence-corrected chi connectivity index (χ3v) is 4.85. The minimum atomic E-state index is 0.455. The van der Waals surface area contributed by atoms with Gasteiger partial charge in [0.05, 0.1) is 33.9 Å². The molecular formula is C16H13BrCl2N4OS. The molecule has 0 unspecified atom stereocenters. The second-order valence-electron chi connectivity index (χ2n) is 5.16. The Balaban J connectivity index is 1.61. The zero-order valence-corrected chi connectivity index (χ0v) is 16.7. The molecule has 0 saturated heterocycles. The first-order valence-electron chi connectivity index (χ1n) is 7.25. The van der Waals surface area contributed by atoms with Gasteiger partial charge in [-0.15, -0.1) is 0 Å². The lowest BCUT2D eigenvalue weighted by Gasteiger charge is -2.07. The Morgan fingerprint density at radius 3 is 2.84 bits per heavy atom. The van der Waals surface area contributed by atoms with Gasteiger partial charge in [-0.1, -0.05) is 29.3 Å². The average molecular weight is 460 g/mol. The molecule has 0 aliphatic heterocycles. The summed E-state index contributed by atoms with van der Waals surface area (Å²) in [5.41, 5.74) is 0.995. The van der Waals surface area contributed by atoms with Crippen LogP contribution in [0.4, 0.5) is 5.82 Å². The normalized spacial score (nSPS) is 10.7. The van der Waals surface area contributed by atoms with Crippen LogP contribution in [0.2, 0.25) is 10.0 Å². The van der Waals surface area contributed by atoms with Crippen LogP contribution in [-0.4, -0.2) is 14.9 Å². The number of thiocarbonyl (C=S) groups is 1. The maximum Gasteiger partial charge on any atom is 0.172 e. The molecule has 0 aliphatic carbocycles. The summed E-state index contributed by atoms with van der Waals surface area (Å²) in [7, 11) is 0. The number of aromatic nitrogens is 2. The van der Waals surface area contributed by atoms with Gasteiger partial charge in [0.2, 0.25) is 0 Å². The van der Waals surface area contributed by atoms with Crippen LogP contribution in [0.15, 0.2) is 51.7 Å². The van der Waals surface area contributed by atoms with Crippen molar-refractivity contribution in [2.75, 3.05) is 5.32 Å². The van der Waals surface area contributed by atoms with E-state index in [4.69, 9.17) is 39.8 Å². The maximum absolute atomic E-state index is 6.05. The van der Waals surface area contributed by atoms with Crippen LogP contribution < -0.4 is 10.6 Å². The summed E-state index contributed by atoms with van der Waals surface area (Å²) in [4.78, 5) is 0. The van der Waals surface area contributed by atoms with E-state index in [0.29, 0.717) is 34.1 Å². The van der Waals surface area contributed by atoms with Crippen LogP contribution in [0.25, 0.3) is 0 Å². The summed E-state index contributed by atoms with van der Waals surface area (Å²) < 4.78 is 7.83. The number of nitrogens with zero attached hydrogens (tertiary/aromatic N) is 2. The third-order valence-electron chi connectivity index (χ3n) is 3.28. The van der Waals surface area contributed by atoms with Crippen LogP contribution in [0.1, 0.15) is 11.3 Å². The van der Waals surface area contributed by atoms with Gasteiger partial charge < -0.3 is 15.1 Å². The van der Waals surface area contributed by atoms with Crippen molar-refractivity contribution in [1.29, 1.82) is 0 Å². The standard InChI is InChI=1S/C16H13BrCl2N4OS/c17-12-9-23(8-10-3-4-13(18)14(19)6-10)22-15(12)21-16(25)20-7-11-2-1-5-24-11/h1-6,9H,7-8H2,(H2,20,21,22,25). The number of nitrogens with one attached hydrogen (secondary N) is 2. The van der Waals surface area contributed by atoms with E-state index in [2.05, 4.69) is 31.7 Å². The highest BCUT2D eigenvalue weighted by molar-refractivity contribution is 9.10. The smallest absolute Gasteiger partial charge is 0.172 e. The number of rotatable bonds is 5. The van der Waals surface area contributed by atoms with Crippen molar-refractivity contribution in [1.82, 2.24) is 15.1 Å². The Kier molecular flexibility index (Phi) is 6.01. The maximum atomic E-state index is 6.05. The topological polar surface area (TPSA) is 55.0 Å². The number of halogens is 3. The molecule has 0 spiro atoms. The number of benzene rings is 1. The number of anilines is 1. The molecule has 25 heavy (non-hydrogen) atoms. The first kappa shape index (κ1) is 18.3. The summed E-state index contributed by atoms with van der Waals surface area (Å²) in [6.45, 7) is 1.06. The fourth-order valence-corrected chi connectivity index (χ4v) is 3.02. The lowest BCUT2D eigenvalue weighted by molar-refractivity contribution is 0.503. The average Bonchev–Trinajstić information content (AvgIpc) is 3.19. The molecule has 2 N–H and O–H groups in total. The van der Waals surface area contributed by atoms with Crippen LogP contribution in [-0.2, 0) is 13.1 Å². The van der Waals surface area contributed by atoms with E-state index in [1.165, 1.54) is 0 Å². The lowest BCUT2D eigenvalue weighted by Crippen LogP contribution is -2.28. The molecule has 0 radical (unpaired) electrons. The zero-order valence-electron chi connectivity index (χ0n) is 12.8. The SMILES string of the molecule is S=C(NCc1ccco1)Nc1nn(Cc2ccc(Cl)c(Cl)c2)cc1Br. The number of hydrogen-bond donors (Lipinski definition) is 2. The van der Waals surface area contributed by atoms with E-state index in [9.17, 15) is 0 Å². The van der Waals surface area contributed by atoms with Gasteiger partial charge in [0.25, 0.3) is 0 Å². The third kappa shape index (κ3) is 4.98. The largest absolute Gasteiger partial charge is 0.467 e. The monoisotopic (exact) mass is 458 g/mol. The van der Waals surface area contributed by atoms with E-state index < -0.39 is 0 Å². The Bertz CT molecular complexity index is 882. The van der Waals surface area contributed by atoms with E-state index in [-0.39, 0.29) is 0 Å². The first-order valence-corrected chi connectivity index (χ1v) is 9.21. The first-order chi connectivity index (χ1) is 12.0. The van der Waals surface area contributed by atoms with Gasteiger partial charge in [-0.3, -0.25) is 4.68 Å². The van der Waals surface area contributed by atoms with Crippen LogP contribution in [0, 0.1) is 0 Å². The Morgan fingerprint density at radius 2 is 2.12 bits per heavy atom. The van der Waals surface area contributed by atoms with Gasteiger partial charge in [-0.05, 0) is 58.0 Å². The number of furan rings is 1. The van der Waals surface area contributed by atoms with Crippen molar-refractivity contribution in [3.05, 3.63) is 68.6 Å². The fraction of sp³-hybridized carbons (Fsp3) is 0.125. The van der Waals surface area contributed by atoms with Gasteiger partial charge >= 0.3 is 0 Å². The highest BCUT2D eigenvalue weighted by atomic mass is 79.9. The number of hydrogen-bond acceptors (Lipinski definition) is 3. The Labute approximate surface area is 168 Å². The molecule has 0 amide bonds. The summed E-state index contributed by atoms with van der Waals surface area (Å²) in [5, 5.41) is 12.1. The van der Waals surface area contributed by atoms with E-state index >= 15 is 0 Å². The molecule has 9 heteroatoms. The van der Waals surface area contributed by atoms with Crippen molar-refractivity contribution in [2.24, 2.45) is 0 Å². The van der Waals surface area contributed by atoms with E-state index in [1.54, 1.807) is 17.0 Å². The van der Waals surface area contributed by atoms with Crippen molar-refractivity contribution in [2.45, 2.75) is 13.1 Å².